The Bertz CT molecular complexity index is 761. The van der Waals surface area contributed by atoms with Gasteiger partial charge in [-0.2, -0.15) is 11.8 Å². The fraction of sp³-hybridized carbons (Fsp3) is 0.417. The summed E-state index contributed by atoms with van der Waals surface area (Å²) in [6.45, 7) is 3.34. The average molecular weight is 414 g/mol. The Hall–Kier alpha value is -2.11. The lowest BCUT2D eigenvalue weighted by atomic mass is 10.1. The first-order valence-corrected chi connectivity index (χ1v) is 11.1. The molecular weight excluding hydrogens is 382 g/mol. The molecule has 0 aromatic heterocycles. The summed E-state index contributed by atoms with van der Waals surface area (Å²) in [5.41, 5.74) is 2.47. The molecule has 0 aliphatic carbocycles. The maximum atomic E-state index is 5.47. The van der Waals surface area contributed by atoms with Gasteiger partial charge < -0.3 is 14.2 Å². The van der Waals surface area contributed by atoms with Gasteiger partial charge in [-0.1, -0.05) is 42.5 Å². The molecule has 2 aromatic rings. The van der Waals surface area contributed by atoms with E-state index in [0.29, 0.717) is 11.0 Å². The topological polar surface area (TPSA) is 30.9 Å². The molecule has 0 unspecified atom stereocenters. The Balaban J connectivity index is 1.46. The van der Waals surface area contributed by atoms with E-state index in [0.717, 1.165) is 36.9 Å². The number of benzene rings is 2. The van der Waals surface area contributed by atoms with Crippen LogP contribution in [0, 0.1) is 0 Å². The molecule has 0 saturated carbocycles. The number of piperidine rings is 1. The predicted molar refractivity (Wildman–Crippen MR) is 122 cm³/mol. The Labute approximate surface area is 178 Å². The van der Waals surface area contributed by atoms with E-state index in [1.165, 1.54) is 24.0 Å². The summed E-state index contributed by atoms with van der Waals surface area (Å²) < 4.78 is 16.3. The average Bonchev–Trinajstić information content (AvgIpc) is 2.78. The van der Waals surface area contributed by atoms with Crippen LogP contribution in [0.3, 0.4) is 0 Å². The SMILES string of the molecule is COc1cc(CSC2CCN(C/C=C/c3ccccc3)CC2)cc(OC)c1OC. The van der Waals surface area contributed by atoms with Crippen molar-refractivity contribution in [3.05, 3.63) is 59.7 Å². The molecule has 3 rings (SSSR count). The van der Waals surface area contributed by atoms with Crippen LogP contribution < -0.4 is 14.2 Å². The highest BCUT2D eigenvalue weighted by Crippen LogP contribution is 2.39. The number of likely N-dealkylation sites (tertiary alicyclic amines) is 1. The first kappa shape index (κ1) is 21.6. The highest BCUT2D eigenvalue weighted by molar-refractivity contribution is 7.99. The molecule has 156 valence electrons. The normalized spacial score (nSPS) is 15.6. The van der Waals surface area contributed by atoms with Crippen LogP contribution in [0.2, 0.25) is 0 Å². The first-order valence-electron chi connectivity index (χ1n) is 10.1. The molecule has 1 aliphatic heterocycles. The molecule has 1 heterocycles. The summed E-state index contributed by atoms with van der Waals surface area (Å²) >= 11 is 2.03. The van der Waals surface area contributed by atoms with Gasteiger partial charge in [-0.3, -0.25) is 4.90 Å². The monoisotopic (exact) mass is 413 g/mol. The number of nitrogens with zero attached hydrogens (tertiary/aromatic N) is 1. The van der Waals surface area contributed by atoms with Crippen molar-refractivity contribution < 1.29 is 14.2 Å². The van der Waals surface area contributed by atoms with Crippen LogP contribution in [0.5, 0.6) is 17.2 Å². The van der Waals surface area contributed by atoms with Crippen molar-refractivity contribution in [3.63, 3.8) is 0 Å². The number of thioether (sulfide) groups is 1. The maximum Gasteiger partial charge on any atom is 0.203 e. The Morgan fingerprint density at radius 1 is 0.966 bits per heavy atom. The van der Waals surface area contributed by atoms with E-state index < -0.39 is 0 Å². The van der Waals surface area contributed by atoms with Gasteiger partial charge in [-0.05, 0) is 49.2 Å². The minimum atomic E-state index is 0.653. The molecular formula is C24H31NO3S. The van der Waals surface area contributed by atoms with E-state index in [9.17, 15) is 0 Å². The van der Waals surface area contributed by atoms with Crippen LogP contribution in [-0.2, 0) is 5.75 Å². The lowest BCUT2D eigenvalue weighted by Crippen LogP contribution is -2.34. The van der Waals surface area contributed by atoms with Crippen molar-refractivity contribution in [2.24, 2.45) is 0 Å². The third-order valence-electron chi connectivity index (χ3n) is 5.22. The summed E-state index contributed by atoms with van der Waals surface area (Å²) in [5, 5.41) is 0.698. The van der Waals surface area contributed by atoms with Crippen molar-refractivity contribution in [2.75, 3.05) is 41.0 Å². The van der Waals surface area contributed by atoms with E-state index in [1.54, 1.807) is 21.3 Å². The van der Waals surface area contributed by atoms with Crippen molar-refractivity contribution in [1.29, 1.82) is 0 Å². The van der Waals surface area contributed by atoms with Crippen molar-refractivity contribution in [3.8, 4) is 17.2 Å². The predicted octanol–water partition coefficient (Wildman–Crippen LogP) is 5.12. The van der Waals surface area contributed by atoms with Crippen molar-refractivity contribution in [2.45, 2.75) is 23.8 Å². The van der Waals surface area contributed by atoms with Gasteiger partial charge in [0.15, 0.2) is 11.5 Å². The fourth-order valence-electron chi connectivity index (χ4n) is 3.59. The van der Waals surface area contributed by atoms with Gasteiger partial charge in [0, 0.05) is 17.5 Å². The highest BCUT2D eigenvalue weighted by Gasteiger charge is 2.20. The number of methoxy groups -OCH3 is 3. The molecule has 29 heavy (non-hydrogen) atoms. The smallest absolute Gasteiger partial charge is 0.203 e. The maximum absolute atomic E-state index is 5.47. The van der Waals surface area contributed by atoms with Gasteiger partial charge in [0.25, 0.3) is 0 Å². The largest absolute Gasteiger partial charge is 0.493 e. The second-order valence-corrected chi connectivity index (χ2v) is 8.45. The molecule has 2 aromatic carbocycles. The van der Waals surface area contributed by atoms with E-state index in [1.807, 2.05) is 11.8 Å². The van der Waals surface area contributed by atoms with Gasteiger partial charge in [0.2, 0.25) is 5.75 Å². The Morgan fingerprint density at radius 2 is 1.62 bits per heavy atom. The highest BCUT2D eigenvalue weighted by atomic mass is 32.2. The van der Waals surface area contributed by atoms with Crippen LogP contribution in [-0.4, -0.2) is 51.1 Å². The number of rotatable bonds is 9. The lowest BCUT2D eigenvalue weighted by molar-refractivity contribution is 0.256. The second kappa shape index (κ2) is 11.2. The van der Waals surface area contributed by atoms with Gasteiger partial charge in [-0.25, -0.2) is 0 Å². The molecule has 0 bridgehead atoms. The molecule has 0 atom stereocenters. The summed E-state index contributed by atoms with van der Waals surface area (Å²) in [7, 11) is 4.96. The standard InChI is InChI=1S/C24H31NO3S/c1-26-22-16-20(17-23(27-2)24(22)28-3)18-29-21-11-14-25(15-12-21)13-7-10-19-8-5-4-6-9-19/h4-10,16-17,21H,11-15,18H2,1-3H3/b10-7+. The van der Waals surface area contributed by atoms with Crippen LogP contribution >= 0.6 is 11.8 Å². The minimum Gasteiger partial charge on any atom is -0.493 e. The molecule has 1 fully saturated rings. The first-order chi connectivity index (χ1) is 14.2. The zero-order valence-electron chi connectivity index (χ0n) is 17.6. The zero-order chi connectivity index (χ0) is 20.5. The van der Waals surface area contributed by atoms with Crippen LogP contribution in [0.25, 0.3) is 6.08 Å². The number of hydrogen-bond acceptors (Lipinski definition) is 5. The molecule has 0 amide bonds. The summed E-state index contributed by atoms with van der Waals surface area (Å²) in [6.07, 6.45) is 6.95. The second-order valence-electron chi connectivity index (χ2n) is 7.16. The number of ether oxygens (including phenoxy) is 3. The van der Waals surface area contributed by atoms with Gasteiger partial charge in [-0.15, -0.1) is 0 Å². The third-order valence-corrected chi connectivity index (χ3v) is 6.66. The summed E-state index contributed by atoms with van der Waals surface area (Å²) in [4.78, 5) is 2.54. The van der Waals surface area contributed by atoms with Gasteiger partial charge >= 0.3 is 0 Å². The third kappa shape index (κ3) is 6.18. The van der Waals surface area contributed by atoms with E-state index >= 15 is 0 Å². The van der Waals surface area contributed by atoms with Gasteiger partial charge in [0.05, 0.1) is 21.3 Å². The molecule has 0 spiro atoms. The van der Waals surface area contributed by atoms with Crippen LogP contribution in [0.4, 0.5) is 0 Å². The molecule has 1 aliphatic rings. The van der Waals surface area contributed by atoms with Crippen LogP contribution in [0.1, 0.15) is 24.0 Å². The Kier molecular flexibility index (Phi) is 8.32. The minimum absolute atomic E-state index is 0.653. The molecule has 0 radical (unpaired) electrons. The van der Waals surface area contributed by atoms with Crippen LogP contribution in [0.15, 0.2) is 48.5 Å². The van der Waals surface area contributed by atoms with E-state index in [-0.39, 0.29) is 0 Å². The quantitative estimate of drug-likeness (QED) is 0.569. The molecule has 0 N–H and O–H groups in total. The molecule has 5 heteroatoms. The fourth-order valence-corrected chi connectivity index (χ4v) is 4.73. The zero-order valence-corrected chi connectivity index (χ0v) is 18.4. The van der Waals surface area contributed by atoms with Crippen molar-refractivity contribution >= 4 is 17.8 Å². The summed E-state index contributed by atoms with van der Waals surface area (Å²) in [6, 6.07) is 14.6. The van der Waals surface area contributed by atoms with E-state index in [2.05, 4.69) is 59.5 Å². The lowest BCUT2D eigenvalue weighted by Gasteiger charge is -2.30. The van der Waals surface area contributed by atoms with Gasteiger partial charge in [0.1, 0.15) is 0 Å². The van der Waals surface area contributed by atoms with E-state index in [4.69, 9.17) is 14.2 Å². The summed E-state index contributed by atoms with van der Waals surface area (Å²) in [5.74, 6) is 3.06. The number of hydrogen-bond donors (Lipinski definition) is 0. The van der Waals surface area contributed by atoms with Crippen molar-refractivity contribution in [1.82, 2.24) is 4.90 Å². The Morgan fingerprint density at radius 3 is 2.21 bits per heavy atom. The molecule has 1 saturated heterocycles. The molecule has 4 nitrogen and oxygen atoms in total.